The fraction of sp³-hybridized carbons (Fsp3) is 0.103. The van der Waals surface area contributed by atoms with Crippen molar-refractivity contribution in [3.63, 3.8) is 0 Å². The fourth-order valence-corrected chi connectivity index (χ4v) is 4.44. The summed E-state index contributed by atoms with van der Waals surface area (Å²) in [5, 5.41) is 4.76. The first-order valence-electron chi connectivity index (χ1n) is 11.8. The van der Waals surface area contributed by atoms with E-state index >= 15 is 0 Å². The molecule has 0 saturated carbocycles. The van der Waals surface area contributed by atoms with Gasteiger partial charge in [-0.3, -0.25) is 9.78 Å². The van der Waals surface area contributed by atoms with Crippen LogP contribution in [0.5, 0.6) is 34.5 Å². The molecule has 10 heteroatoms. The van der Waals surface area contributed by atoms with E-state index in [0.717, 1.165) is 10.8 Å². The third-order valence-corrected chi connectivity index (χ3v) is 6.21. The van der Waals surface area contributed by atoms with Gasteiger partial charge in [0.2, 0.25) is 0 Å². The van der Waals surface area contributed by atoms with Crippen LogP contribution in [0.3, 0.4) is 0 Å². The molecule has 0 radical (unpaired) electrons. The first-order valence-corrected chi connectivity index (χ1v) is 11.8. The molecule has 0 spiro atoms. The highest BCUT2D eigenvalue weighted by Gasteiger charge is 2.44. The number of fused-ring (bicyclic) bond motifs is 3. The summed E-state index contributed by atoms with van der Waals surface area (Å²) in [4.78, 5) is 17.6. The molecule has 8 nitrogen and oxygen atoms in total. The van der Waals surface area contributed by atoms with Crippen LogP contribution in [0.15, 0.2) is 79.0 Å². The smallest absolute Gasteiger partial charge is 0.493 e. The van der Waals surface area contributed by atoms with Gasteiger partial charge in [0, 0.05) is 23.2 Å². The van der Waals surface area contributed by atoms with Crippen molar-refractivity contribution in [1.82, 2.24) is 4.98 Å². The van der Waals surface area contributed by atoms with Crippen LogP contribution < -0.4 is 29.0 Å². The second kappa shape index (κ2) is 9.32. The number of rotatable bonds is 6. The maximum atomic E-state index is 13.6. The van der Waals surface area contributed by atoms with Crippen LogP contribution in [0.4, 0.5) is 14.5 Å². The van der Waals surface area contributed by atoms with Crippen molar-refractivity contribution in [2.45, 2.75) is 6.29 Å². The Hall–Kier alpha value is -5.12. The van der Waals surface area contributed by atoms with E-state index in [1.807, 2.05) is 6.07 Å². The van der Waals surface area contributed by atoms with E-state index < -0.39 is 12.2 Å². The van der Waals surface area contributed by atoms with Crippen molar-refractivity contribution in [2.24, 2.45) is 0 Å². The van der Waals surface area contributed by atoms with Gasteiger partial charge in [0.1, 0.15) is 11.5 Å². The van der Waals surface area contributed by atoms with Crippen LogP contribution in [0.25, 0.3) is 21.7 Å². The molecule has 5 aromatic rings. The van der Waals surface area contributed by atoms with E-state index in [1.54, 1.807) is 68.9 Å². The predicted molar refractivity (Wildman–Crippen MR) is 139 cm³/mol. The van der Waals surface area contributed by atoms with Gasteiger partial charge < -0.3 is 29.0 Å². The Balaban J connectivity index is 1.30. The number of nitrogens with zero attached hydrogens (tertiary/aromatic N) is 1. The molecule has 0 aliphatic carbocycles. The molecule has 6 rings (SSSR count). The van der Waals surface area contributed by atoms with Crippen molar-refractivity contribution >= 4 is 33.3 Å². The summed E-state index contributed by atoms with van der Waals surface area (Å²) in [5.74, 6) is 1.31. The first kappa shape index (κ1) is 24.2. The van der Waals surface area contributed by atoms with Crippen molar-refractivity contribution in [3.05, 3.63) is 84.6 Å². The lowest BCUT2D eigenvalue weighted by Crippen LogP contribution is -2.26. The Labute approximate surface area is 220 Å². The third kappa shape index (κ3) is 4.46. The number of amides is 1. The average Bonchev–Trinajstić information content (AvgIpc) is 3.26. The molecule has 39 heavy (non-hydrogen) atoms. The number of methoxy groups -OCH3 is 2. The van der Waals surface area contributed by atoms with Gasteiger partial charge in [0.15, 0.2) is 23.0 Å². The van der Waals surface area contributed by atoms with E-state index in [-0.39, 0.29) is 17.2 Å². The summed E-state index contributed by atoms with van der Waals surface area (Å²) in [5.41, 5.74) is 1.08. The van der Waals surface area contributed by atoms with Gasteiger partial charge in [-0.2, -0.15) is 0 Å². The highest BCUT2D eigenvalue weighted by atomic mass is 19.3. The molecule has 0 atom stereocenters. The Morgan fingerprint density at radius 3 is 2.49 bits per heavy atom. The molecule has 0 saturated heterocycles. The van der Waals surface area contributed by atoms with E-state index in [1.165, 1.54) is 18.2 Å². The van der Waals surface area contributed by atoms with Gasteiger partial charge in [-0.15, -0.1) is 8.78 Å². The first-order chi connectivity index (χ1) is 18.8. The number of carbonyl (C=O) groups is 1. The Morgan fingerprint density at radius 2 is 1.67 bits per heavy atom. The van der Waals surface area contributed by atoms with Gasteiger partial charge in [-0.25, -0.2) is 0 Å². The molecule has 1 aromatic heterocycles. The number of pyridine rings is 1. The van der Waals surface area contributed by atoms with Crippen LogP contribution in [0.2, 0.25) is 0 Å². The lowest BCUT2D eigenvalue weighted by molar-refractivity contribution is -0.286. The number of nitrogens with one attached hydrogen (secondary N) is 1. The van der Waals surface area contributed by atoms with E-state index in [0.29, 0.717) is 39.5 Å². The Kier molecular flexibility index (Phi) is 5.79. The summed E-state index contributed by atoms with van der Waals surface area (Å²) in [7, 11) is 3.11. The number of halogens is 2. The zero-order valence-corrected chi connectivity index (χ0v) is 20.7. The number of benzene rings is 4. The summed E-state index contributed by atoms with van der Waals surface area (Å²) >= 11 is 0. The van der Waals surface area contributed by atoms with Crippen LogP contribution >= 0.6 is 0 Å². The Bertz CT molecular complexity index is 1760. The number of alkyl halides is 2. The molecule has 1 N–H and O–H groups in total. The van der Waals surface area contributed by atoms with Crippen LogP contribution in [-0.4, -0.2) is 31.4 Å². The highest BCUT2D eigenvalue weighted by molar-refractivity contribution is 6.13. The van der Waals surface area contributed by atoms with Gasteiger partial charge in [0.25, 0.3) is 5.91 Å². The second-order valence-electron chi connectivity index (χ2n) is 8.58. The average molecular weight is 530 g/mol. The predicted octanol–water partition coefficient (Wildman–Crippen LogP) is 6.77. The summed E-state index contributed by atoms with van der Waals surface area (Å²) in [6.07, 6.45) is -2.16. The lowest BCUT2D eigenvalue weighted by atomic mass is 10.0. The maximum absolute atomic E-state index is 13.6. The molecule has 1 aliphatic rings. The molecule has 196 valence electrons. The topological polar surface area (TPSA) is 88.1 Å². The minimum absolute atomic E-state index is 0.0725. The van der Waals surface area contributed by atoms with Gasteiger partial charge >= 0.3 is 6.29 Å². The minimum Gasteiger partial charge on any atom is -0.493 e. The quantitative estimate of drug-likeness (QED) is 0.259. The fourth-order valence-electron chi connectivity index (χ4n) is 4.44. The molecule has 1 aliphatic heterocycles. The number of hydrogen-bond acceptors (Lipinski definition) is 7. The molecule has 1 amide bonds. The third-order valence-electron chi connectivity index (χ3n) is 6.21. The number of anilines is 1. The molecule has 0 unspecified atom stereocenters. The molecular weight excluding hydrogens is 510 g/mol. The molecule has 2 heterocycles. The minimum atomic E-state index is -3.80. The number of ether oxygens (including phenoxy) is 5. The normalized spacial score (nSPS) is 13.3. The lowest BCUT2D eigenvalue weighted by Gasteiger charge is -2.13. The standard InChI is InChI=1S/C29H20F2N2O6/c1-35-25-14-20-22(15-26(25)36-2)32-12-11-23(20)37-17-9-10-18-16(13-17)5-3-6-19(18)28(34)33-21-7-4-8-24-27(21)39-29(30,31)38-24/h3-15H,1-2H3,(H,33,34). The summed E-state index contributed by atoms with van der Waals surface area (Å²) < 4.78 is 53.1. The van der Waals surface area contributed by atoms with Gasteiger partial charge in [-0.05, 0) is 59.3 Å². The van der Waals surface area contributed by atoms with Gasteiger partial charge in [0.05, 0.1) is 25.4 Å². The maximum Gasteiger partial charge on any atom is 0.586 e. The summed E-state index contributed by atoms with van der Waals surface area (Å²) in [6.45, 7) is 0. The molecule has 4 aromatic carbocycles. The zero-order chi connectivity index (χ0) is 27.1. The largest absolute Gasteiger partial charge is 0.586 e. The number of aromatic nitrogens is 1. The highest BCUT2D eigenvalue weighted by Crippen LogP contribution is 2.46. The van der Waals surface area contributed by atoms with Gasteiger partial charge in [-0.1, -0.05) is 18.2 Å². The monoisotopic (exact) mass is 530 g/mol. The summed E-state index contributed by atoms with van der Waals surface area (Å²) in [6, 6.07) is 20.1. The van der Waals surface area contributed by atoms with E-state index in [2.05, 4.69) is 19.8 Å². The molecule has 0 fully saturated rings. The van der Waals surface area contributed by atoms with Crippen LogP contribution in [-0.2, 0) is 0 Å². The van der Waals surface area contributed by atoms with Crippen molar-refractivity contribution in [3.8, 4) is 34.5 Å². The number of hydrogen-bond donors (Lipinski definition) is 1. The second-order valence-corrected chi connectivity index (χ2v) is 8.58. The molecule has 0 bridgehead atoms. The van der Waals surface area contributed by atoms with Crippen molar-refractivity contribution in [1.29, 1.82) is 0 Å². The zero-order valence-electron chi connectivity index (χ0n) is 20.7. The SMILES string of the molecule is COc1cc2nccc(Oc3ccc4c(C(=O)Nc5cccc6c5OC(F)(F)O6)cccc4c3)c2cc1OC. The molecular formula is C29H20F2N2O6. The number of para-hydroxylation sites is 1. The van der Waals surface area contributed by atoms with Crippen LogP contribution in [0.1, 0.15) is 10.4 Å². The van der Waals surface area contributed by atoms with Crippen molar-refractivity contribution < 1.29 is 37.3 Å². The van der Waals surface area contributed by atoms with Crippen LogP contribution in [0, 0.1) is 0 Å². The van der Waals surface area contributed by atoms with E-state index in [4.69, 9.17) is 14.2 Å². The number of carbonyl (C=O) groups excluding carboxylic acids is 1. The van der Waals surface area contributed by atoms with E-state index in [9.17, 15) is 13.6 Å². The van der Waals surface area contributed by atoms with Crippen molar-refractivity contribution in [2.75, 3.05) is 19.5 Å². The Morgan fingerprint density at radius 1 is 0.872 bits per heavy atom.